The fourth-order valence-corrected chi connectivity index (χ4v) is 5.06. The fraction of sp³-hybridized carbons (Fsp3) is 0.240. The largest absolute Gasteiger partial charge is 0.366 e. The van der Waals surface area contributed by atoms with E-state index in [1.165, 1.54) is 27.7 Å². The lowest BCUT2D eigenvalue weighted by atomic mass is 9.73. The molecule has 3 aromatic rings. The van der Waals surface area contributed by atoms with Crippen LogP contribution in [0.4, 0.5) is 0 Å². The van der Waals surface area contributed by atoms with E-state index in [-0.39, 0.29) is 17.7 Å². The van der Waals surface area contributed by atoms with Crippen molar-refractivity contribution >= 4 is 22.3 Å². The minimum absolute atomic E-state index is 0.102. The Morgan fingerprint density at radius 2 is 1.82 bits per heavy atom. The first-order chi connectivity index (χ1) is 13.6. The van der Waals surface area contributed by atoms with Crippen LogP contribution in [0.3, 0.4) is 0 Å². The number of carbonyl (C=O) groups excluding carboxylic acids is 1. The van der Waals surface area contributed by atoms with Gasteiger partial charge < -0.3 is 9.47 Å². The molecule has 2 bridgehead atoms. The average Bonchev–Trinajstić information content (AvgIpc) is 3.01. The topological polar surface area (TPSA) is 25.2 Å². The second-order valence-electron chi connectivity index (χ2n) is 7.97. The predicted molar refractivity (Wildman–Crippen MR) is 114 cm³/mol. The van der Waals surface area contributed by atoms with Gasteiger partial charge in [0.2, 0.25) is 0 Å². The molecule has 1 aliphatic carbocycles. The summed E-state index contributed by atoms with van der Waals surface area (Å²) >= 11 is 0. The lowest BCUT2D eigenvalue weighted by molar-refractivity contribution is -0.114. The maximum absolute atomic E-state index is 12.5. The Morgan fingerprint density at radius 1 is 1.11 bits per heavy atom. The van der Waals surface area contributed by atoms with Crippen LogP contribution >= 0.6 is 0 Å². The zero-order chi connectivity index (χ0) is 19.4. The molecule has 0 saturated carbocycles. The molecule has 2 aliphatic rings. The first-order valence-corrected chi connectivity index (χ1v) is 9.85. The first kappa shape index (κ1) is 17.1. The van der Waals surface area contributed by atoms with Gasteiger partial charge in [0.15, 0.2) is 5.78 Å². The van der Waals surface area contributed by atoms with Gasteiger partial charge in [0.25, 0.3) is 0 Å². The summed E-state index contributed by atoms with van der Waals surface area (Å²) in [5, 5.41) is 1.29. The minimum atomic E-state index is 0.102. The van der Waals surface area contributed by atoms with Gasteiger partial charge in [-0.3, -0.25) is 4.79 Å². The van der Waals surface area contributed by atoms with Gasteiger partial charge in [-0.15, -0.1) is 0 Å². The molecule has 28 heavy (non-hydrogen) atoms. The third-order valence-electron chi connectivity index (χ3n) is 6.36. The lowest BCUT2D eigenvalue weighted by Crippen LogP contribution is -2.36. The number of nitrogens with zero attached hydrogens (tertiary/aromatic N) is 2. The van der Waals surface area contributed by atoms with Gasteiger partial charge >= 0.3 is 0 Å². The molecule has 0 saturated heterocycles. The molecule has 0 spiro atoms. The molecular formula is C25H24N2O. The molecule has 3 heteroatoms. The summed E-state index contributed by atoms with van der Waals surface area (Å²) in [6.07, 6.45) is 3.02. The SMILES string of the molecule is C=C1c2c(c3ccccc3n2C)[C@H]2C[C@@H]1C(C(C)=O)=CN2Cc1ccccc1. The highest BCUT2D eigenvalue weighted by Gasteiger charge is 2.42. The van der Waals surface area contributed by atoms with Crippen molar-refractivity contribution in [3.05, 3.63) is 89.8 Å². The number of ketones is 1. The Balaban J connectivity index is 1.72. The summed E-state index contributed by atoms with van der Waals surface area (Å²) in [6.45, 7) is 6.91. The standard InChI is InChI=1S/C25H24N2O/c1-16-20-13-23(24-19-11-7-8-12-22(19)26(3)25(16)24)27(15-21(20)17(2)28)14-18-9-5-4-6-10-18/h4-12,15,20,23H,1,13-14H2,2-3H3/t20-,23+/m0/s1. The zero-order valence-corrected chi connectivity index (χ0v) is 16.4. The van der Waals surface area contributed by atoms with E-state index in [0.29, 0.717) is 0 Å². The molecule has 2 aromatic carbocycles. The summed E-state index contributed by atoms with van der Waals surface area (Å²) in [7, 11) is 2.12. The zero-order valence-electron chi connectivity index (χ0n) is 16.4. The Labute approximate surface area is 165 Å². The van der Waals surface area contributed by atoms with Crippen molar-refractivity contribution in [2.45, 2.75) is 25.9 Å². The van der Waals surface area contributed by atoms with Crippen molar-refractivity contribution in [1.29, 1.82) is 0 Å². The highest BCUT2D eigenvalue weighted by Crippen LogP contribution is 2.52. The van der Waals surface area contributed by atoms with E-state index in [4.69, 9.17) is 0 Å². The number of hydrogen-bond donors (Lipinski definition) is 0. The number of para-hydroxylation sites is 1. The van der Waals surface area contributed by atoms with Crippen LogP contribution in [0.25, 0.3) is 16.5 Å². The summed E-state index contributed by atoms with van der Waals surface area (Å²) in [4.78, 5) is 14.8. The van der Waals surface area contributed by atoms with Crippen LogP contribution in [0.1, 0.15) is 36.2 Å². The van der Waals surface area contributed by atoms with E-state index < -0.39 is 0 Å². The number of fused-ring (bicyclic) bond motifs is 6. The van der Waals surface area contributed by atoms with Crippen LogP contribution in [-0.4, -0.2) is 15.3 Å². The van der Waals surface area contributed by atoms with E-state index in [1.54, 1.807) is 6.92 Å². The van der Waals surface area contributed by atoms with Crippen LogP contribution in [-0.2, 0) is 18.4 Å². The summed E-state index contributed by atoms with van der Waals surface area (Å²) in [5.41, 5.74) is 7.00. The smallest absolute Gasteiger partial charge is 0.157 e. The van der Waals surface area contributed by atoms with Gasteiger partial charge in [-0.1, -0.05) is 55.1 Å². The molecule has 0 N–H and O–H groups in total. The minimum Gasteiger partial charge on any atom is -0.366 e. The molecule has 3 nitrogen and oxygen atoms in total. The number of allylic oxidation sites excluding steroid dienone is 2. The number of rotatable bonds is 3. The molecule has 140 valence electrons. The van der Waals surface area contributed by atoms with Crippen LogP contribution in [0.5, 0.6) is 0 Å². The fourth-order valence-electron chi connectivity index (χ4n) is 5.06. The van der Waals surface area contributed by atoms with Crippen LogP contribution in [0.15, 0.2) is 72.9 Å². The van der Waals surface area contributed by atoms with Gasteiger partial charge in [0.1, 0.15) is 0 Å². The normalized spacial score (nSPS) is 20.9. The van der Waals surface area contributed by atoms with Crippen molar-refractivity contribution in [1.82, 2.24) is 9.47 Å². The first-order valence-electron chi connectivity index (χ1n) is 9.85. The molecule has 0 radical (unpaired) electrons. The summed E-state index contributed by atoms with van der Waals surface area (Å²) in [6, 6.07) is 19.3. The number of hydrogen-bond acceptors (Lipinski definition) is 2. The second kappa shape index (κ2) is 6.23. The van der Waals surface area contributed by atoms with Crippen molar-refractivity contribution in [2.75, 3.05) is 0 Å². The molecule has 2 atom stereocenters. The maximum atomic E-state index is 12.5. The molecule has 0 unspecified atom stereocenters. The van der Waals surface area contributed by atoms with Crippen molar-refractivity contribution in [3.8, 4) is 0 Å². The monoisotopic (exact) mass is 368 g/mol. The molecule has 5 rings (SSSR count). The third-order valence-corrected chi connectivity index (χ3v) is 6.36. The average molecular weight is 368 g/mol. The predicted octanol–water partition coefficient (Wildman–Crippen LogP) is 5.24. The third kappa shape index (κ3) is 2.39. The van der Waals surface area contributed by atoms with Crippen molar-refractivity contribution < 1.29 is 4.79 Å². The van der Waals surface area contributed by atoms with E-state index >= 15 is 0 Å². The van der Waals surface area contributed by atoms with Crippen molar-refractivity contribution in [2.24, 2.45) is 13.0 Å². The Hall–Kier alpha value is -3.07. The summed E-state index contributed by atoms with van der Waals surface area (Å²) < 4.78 is 2.26. The highest BCUT2D eigenvalue weighted by molar-refractivity contribution is 5.99. The maximum Gasteiger partial charge on any atom is 0.157 e. The van der Waals surface area contributed by atoms with E-state index in [9.17, 15) is 4.79 Å². The second-order valence-corrected chi connectivity index (χ2v) is 7.97. The highest BCUT2D eigenvalue weighted by atomic mass is 16.1. The van der Waals surface area contributed by atoms with E-state index in [2.05, 4.69) is 77.8 Å². The Bertz CT molecular complexity index is 1140. The Kier molecular flexibility index (Phi) is 3.80. The van der Waals surface area contributed by atoms with Gasteiger partial charge in [0.05, 0.1) is 11.7 Å². The van der Waals surface area contributed by atoms with Gasteiger partial charge in [-0.05, 0) is 30.5 Å². The Morgan fingerprint density at radius 3 is 2.57 bits per heavy atom. The quantitative estimate of drug-likeness (QED) is 0.631. The van der Waals surface area contributed by atoms with Crippen LogP contribution in [0, 0.1) is 5.92 Å². The van der Waals surface area contributed by atoms with Gasteiger partial charge in [0, 0.05) is 47.7 Å². The molecule has 0 amide bonds. The number of aryl methyl sites for hydroxylation is 1. The van der Waals surface area contributed by atoms with Gasteiger partial charge in [-0.2, -0.15) is 0 Å². The molecular weight excluding hydrogens is 344 g/mol. The van der Waals surface area contributed by atoms with Crippen molar-refractivity contribution in [3.63, 3.8) is 0 Å². The summed E-state index contributed by atoms with van der Waals surface area (Å²) in [5.74, 6) is 0.245. The molecule has 0 fully saturated rings. The molecule has 1 aromatic heterocycles. The number of aromatic nitrogens is 1. The van der Waals surface area contributed by atoms with Crippen LogP contribution in [0.2, 0.25) is 0 Å². The van der Waals surface area contributed by atoms with Crippen LogP contribution < -0.4 is 0 Å². The van der Waals surface area contributed by atoms with E-state index in [1.807, 2.05) is 6.07 Å². The van der Waals surface area contributed by atoms with E-state index in [0.717, 1.165) is 24.1 Å². The number of Topliss-reactive ketones (excluding diaryl/α,β-unsaturated/α-hetero) is 1. The lowest BCUT2D eigenvalue weighted by Gasteiger charge is -2.44. The molecule has 1 aliphatic heterocycles. The van der Waals surface area contributed by atoms with Gasteiger partial charge in [-0.25, -0.2) is 0 Å². The molecule has 2 heterocycles. The number of benzene rings is 2. The number of carbonyl (C=O) groups is 1.